The number of nitrogen functional groups attached to an aromatic ring is 1. The van der Waals surface area contributed by atoms with Gasteiger partial charge in [0.05, 0.1) is 12.9 Å². The summed E-state index contributed by atoms with van der Waals surface area (Å²) in [7, 11) is 1.60. The van der Waals surface area contributed by atoms with E-state index in [1.165, 1.54) is 28.6 Å². The molecule has 10 heteroatoms. The van der Waals surface area contributed by atoms with Crippen LogP contribution < -0.4 is 10.6 Å². The lowest BCUT2D eigenvalue weighted by atomic mass is 10.2. The van der Waals surface area contributed by atoms with Crippen LogP contribution in [0.2, 0.25) is 0 Å². The minimum Gasteiger partial charge on any atom is -0.497 e. The lowest BCUT2D eigenvalue weighted by Gasteiger charge is -2.02. The monoisotopic (exact) mass is 398 g/mol. The van der Waals surface area contributed by atoms with Gasteiger partial charge in [0, 0.05) is 11.1 Å². The fraction of sp³-hybridized carbons (Fsp3) is 0.111. The smallest absolute Gasteiger partial charge is 0.237 e. The number of aromatic nitrogens is 5. The van der Waals surface area contributed by atoms with Crippen LogP contribution in [0.4, 0.5) is 4.39 Å². The molecule has 0 amide bonds. The number of thioether (sulfide) groups is 1. The fourth-order valence-corrected chi connectivity index (χ4v) is 3.18. The second kappa shape index (κ2) is 7.69. The maximum absolute atomic E-state index is 13.1. The van der Waals surface area contributed by atoms with Gasteiger partial charge in [-0.2, -0.15) is 4.98 Å². The van der Waals surface area contributed by atoms with E-state index >= 15 is 0 Å². The van der Waals surface area contributed by atoms with E-state index in [4.69, 9.17) is 15.1 Å². The molecule has 2 heterocycles. The molecule has 8 nitrogen and oxygen atoms in total. The van der Waals surface area contributed by atoms with Crippen molar-refractivity contribution in [2.75, 3.05) is 13.0 Å². The first-order valence-corrected chi connectivity index (χ1v) is 9.19. The third-order valence-electron chi connectivity index (χ3n) is 3.89. The second-order valence-electron chi connectivity index (χ2n) is 5.72. The molecule has 2 N–H and O–H groups in total. The molecular formula is C18H15FN6O2S. The first-order valence-electron chi connectivity index (χ1n) is 8.20. The summed E-state index contributed by atoms with van der Waals surface area (Å²) in [4.78, 5) is 4.38. The van der Waals surface area contributed by atoms with Crippen molar-refractivity contribution in [2.45, 2.75) is 10.9 Å². The quantitative estimate of drug-likeness (QED) is 0.390. The predicted molar refractivity (Wildman–Crippen MR) is 101 cm³/mol. The minimum absolute atomic E-state index is 0.329. The molecule has 28 heavy (non-hydrogen) atoms. The fourth-order valence-electron chi connectivity index (χ4n) is 2.49. The van der Waals surface area contributed by atoms with Crippen molar-refractivity contribution in [3.63, 3.8) is 0 Å². The predicted octanol–water partition coefficient (Wildman–Crippen LogP) is 3.15. The van der Waals surface area contributed by atoms with Crippen LogP contribution in [0, 0.1) is 5.82 Å². The standard InChI is InChI=1S/C18H15FN6O2S/c1-26-14-4-2-3-12(9-14)16-21-15(27-24-16)10-28-18-23-22-17(25(18)20)11-5-7-13(19)8-6-11/h2-9H,10,20H2,1H3. The van der Waals surface area contributed by atoms with E-state index in [0.29, 0.717) is 39.8 Å². The van der Waals surface area contributed by atoms with Crippen LogP contribution >= 0.6 is 11.8 Å². The van der Waals surface area contributed by atoms with E-state index in [9.17, 15) is 4.39 Å². The topological polar surface area (TPSA) is 105 Å². The highest BCUT2D eigenvalue weighted by Crippen LogP contribution is 2.26. The molecular weight excluding hydrogens is 383 g/mol. The molecule has 0 atom stereocenters. The average molecular weight is 398 g/mol. The Morgan fingerprint density at radius 1 is 1.14 bits per heavy atom. The van der Waals surface area contributed by atoms with E-state index in [1.54, 1.807) is 19.2 Å². The summed E-state index contributed by atoms with van der Waals surface area (Å²) in [6, 6.07) is 13.3. The molecule has 0 spiro atoms. The summed E-state index contributed by atoms with van der Waals surface area (Å²) in [6.07, 6.45) is 0. The number of halogens is 1. The summed E-state index contributed by atoms with van der Waals surface area (Å²) < 4.78 is 24.9. The molecule has 0 bridgehead atoms. The molecule has 0 aliphatic heterocycles. The van der Waals surface area contributed by atoms with Gasteiger partial charge in [0.25, 0.3) is 0 Å². The van der Waals surface area contributed by atoms with Gasteiger partial charge in [-0.15, -0.1) is 10.2 Å². The highest BCUT2D eigenvalue weighted by Gasteiger charge is 2.15. The Morgan fingerprint density at radius 2 is 1.96 bits per heavy atom. The molecule has 0 aliphatic rings. The molecule has 0 saturated carbocycles. The Labute approximate surface area is 163 Å². The van der Waals surface area contributed by atoms with Crippen molar-refractivity contribution < 1.29 is 13.7 Å². The number of methoxy groups -OCH3 is 1. The van der Waals surface area contributed by atoms with Gasteiger partial charge in [0.1, 0.15) is 11.6 Å². The van der Waals surface area contributed by atoms with Crippen molar-refractivity contribution >= 4 is 11.8 Å². The molecule has 0 unspecified atom stereocenters. The van der Waals surface area contributed by atoms with Crippen LogP contribution in [0.1, 0.15) is 5.89 Å². The van der Waals surface area contributed by atoms with Gasteiger partial charge in [-0.1, -0.05) is 29.1 Å². The third kappa shape index (κ3) is 3.67. The van der Waals surface area contributed by atoms with Gasteiger partial charge in [-0.3, -0.25) is 0 Å². The molecule has 0 aliphatic carbocycles. The maximum Gasteiger partial charge on any atom is 0.237 e. The molecule has 0 fully saturated rings. The van der Waals surface area contributed by atoms with Crippen molar-refractivity contribution in [1.29, 1.82) is 0 Å². The summed E-state index contributed by atoms with van der Waals surface area (Å²) in [5, 5.41) is 12.6. The normalized spacial score (nSPS) is 10.9. The van der Waals surface area contributed by atoms with E-state index in [-0.39, 0.29) is 5.82 Å². The third-order valence-corrected chi connectivity index (χ3v) is 4.82. The number of nitrogens with two attached hydrogens (primary N) is 1. The number of nitrogens with zero attached hydrogens (tertiary/aromatic N) is 5. The van der Waals surface area contributed by atoms with Gasteiger partial charge in [-0.25, -0.2) is 9.07 Å². The molecule has 2 aromatic heterocycles. The van der Waals surface area contributed by atoms with Gasteiger partial charge in [-0.05, 0) is 36.4 Å². The number of hydrogen-bond donors (Lipinski definition) is 1. The Kier molecular flexibility index (Phi) is 4.94. The van der Waals surface area contributed by atoms with Crippen molar-refractivity contribution in [2.24, 2.45) is 0 Å². The molecule has 0 radical (unpaired) electrons. The minimum atomic E-state index is -0.329. The van der Waals surface area contributed by atoms with Crippen LogP contribution in [0.15, 0.2) is 58.2 Å². The van der Waals surface area contributed by atoms with Crippen molar-refractivity contribution in [3.8, 4) is 28.5 Å². The lowest BCUT2D eigenvalue weighted by molar-refractivity contribution is 0.391. The molecule has 2 aromatic carbocycles. The van der Waals surface area contributed by atoms with Crippen molar-refractivity contribution in [1.82, 2.24) is 25.0 Å². The van der Waals surface area contributed by atoms with E-state index in [0.717, 1.165) is 5.56 Å². The van der Waals surface area contributed by atoms with Crippen LogP contribution in [0.25, 0.3) is 22.8 Å². The number of ether oxygens (including phenoxy) is 1. The SMILES string of the molecule is COc1cccc(-c2noc(CSc3nnc(-c4ccc(F)cc4)n3N)n2)c1. The Bertz CT molecular complexity index is 1100. The zero-order valence-electron chi connectivity index (χ0n) is 14.7. The average Bonchev–Trinajstić information content (AvgIpc) is 3.34. The molecule has 4 rings (SSSR count). The molecule has 142 valence electrons. The highest BCUT2D eigenvalue weighted by atomic mass is 32.2. The Hall–Kier alpha value is -3.40. The van der Waals surface area contributed by atoms with Crippen LogP contribution in [0.3, 0.4) is 0 Å². The summed E-state index contributed by atoms with van der Waals surface area (Å²) in [5.74, 6) is 8.14. The maximum atomic E-state index is 13.1. The largest absolute Gasteiger partial charge is 0.497 e. The van der Waals surface area contributed by atoms with Crippen LogP contribution in [0.5, 0.6) is 5.75 Å². The van der Waals surface area contributed by atoms with Gasteiger partial charge >= 0.3 is 0 Å². The number of rotatable bonds is 6. The first-order chi connectivity index (χ1) is 13.6. The Balaban J connectivity index is 1.47. The van der Waals surface area contributed by atoms with E-state index < -0.39 is 0 Å². The van der Waals surface area contributed by atoms with Crippen molar-refractivity contribution in [3.05, 3.63) is 60.2 Å². The van der Waals surface area contributed by atoms with Gasteiger partial charge < -0.3 is 15.1 Å². The zero-order chi connectivity index (χ0) is 19.5. The Morgan fingerprint density at radius 3 is 2.75 bits per heavy atom. The highest BCUT2D eigenvalue weighted by molar-refractivity contribution is 7.98. The summed E-state index contributed by atoms with van der Waals surface area (Å²) >= 11 is 1.30. The van der Waals surface area contributed by atoms with Crippen LogP contribution in [-0.2, 0) is 5.75 Å². The van der Waals surface area contributed by atoms with Crippen LogP contribution in [-0.4, -0.2) is 32.1 Å². The lowest BCUT2D eigenvalue weighted by Crippen LogP contribution is -2.11. The van der Waals surface area contributed by atoms with Gasteiger partial charge in [0.2, 0.25) is 16.9 Å². The summed E-state index contributed by atoms with van der Waals surface area (Å²) in [5.41, 5.74) is 1.46. The van der Waals surface area contributed by atoms with E-state index in [2.05, 4.69) is 20.3 Å². The first kappa shape index (κ1) is 18.0. The zero-order valence-corrected chi connectivity index (χ0v) is 15.6. The van der Waals surface area contributed by atoms with Gasteiger partial charge in [0.15, 0.2) is 5.82 Å². The molecule has 0 saturated heterocycles. The number of hydrogen-bond acceptors (Lipinski definition) is 8. The second-order valence-corrected chi connectivity index (χ2v) is 6.66. The number of benzene rings is 2. The molecule has 4 aromatic rings. The van der Waals surface area contributed by atoms with E-state index in [1.807, 2.05) is 24.3 Å². The summed E-state index contributed by atoms with van der Waals surface area (Å²) in [6.45, 7) is 0.